The Kier molecular flexibility index (Phi) is 7.05. The van der Waals surface area contributed by atoms with E-state index in [-0.39, 0.29) is 28.9 Å². The second kappa shape index (κ2) is 9.50. The van der Waals surface area contributed by atoms with Crippen LogP contribution in [0.25, 0.3) is 0 Å². The first-order chi connectivity index (χ1) is 16.8. The number of carboxylic acids is 1. The van der Waals surface area contributed by atoms with Gasteiger partial charge in [-0.25, -0.2) is 0 Å². The van der Waals surface area contributed by atoms with Crippen LogP contribution in [0.15, 0.2) is 34.7 Å². The lowest BCUT2D eigenvalue weighted by atomic mass is 9.63. The minimum absolute atomic E-state index is 0.0336. The zero-order valence-electron chi connectivity index (χ0n) is 21.8. The summed E-state index contributed by atoms with van der Waals surface area (Å²) in [6.45, 7) is 10.2. The fourth-order valence-electron chi connectivity index (χ4n) is 5.90. The molecule has 0 amide bonds. The molecule has 1 aromatic carbocycles. The lowest BCUT2D eigenvalue weighted by Crippen LogP contribution is -2.45. The highest BCUT2D eigenvalue weighted by Gasteiger charge is 2.49. The van der Waals surface area contributed by atoms with Crippen LogP contribution in [0.4, 0.5) is 0 Å². The Labute approximate surface area is 226 Å². The van der Waals surface area contributed by atoms with Crippen LogP contribution >= 0.6 is 22.6 Å². The van der Waals surface area contributed by atoms with Crippen LogP contribution in [0, 0.1) is 14.4 Å². The van der Waals surface area contributed by atoms with Crippen molar-refractivity contribution in [2.45, 2.75) is 66.2 Å². The van der Waals surface area contributed by atoms with E-state index in [1.807, 2.05) is 46.8 Å². The monoisotopic (exact) mass is 607 g/mol. The minimum atomic E-state index is -0.990. The second-order valence-corrected chi connectivity index (χ2v) is 12.6. The van der Waals surface area contributed by atoms with Gasteiger partial charge in [-0.2, -0.15) is 0 Å². The van der Waals surface area contributed by atoms with E-state index in [4.69, 9.17) is 9.47 Å². The Balaban J connectivity index is 2.03. The van der Waals surface area contributed by atoms with Crippen molar-refractivity contribution in [1.29, 1.82) is 0 Å². The summed E-state index contributed by atoms with van der Waals surface area (Å²) in [7, 11) is 1.57. The van der Waals surface area contributed by atoms with Crippen LogP contribution in [-0.4, -0.2) is 47.8 Å². The molecule has 0 bridgehead atoms. The number of nitrogens with zero attached hydrogens (tertiary/aromatic N) is 1. The maximum absolute atomic E-state index is 13.8. The largest absolute Gasteiger partial charge is 0.493 e. The van der Waals surface area contributed by atoms with Gasteiger partial charge in [-0.15, -0.1) is 0 Å². The van der Waals surface area contributed by atoms with Gasteiger partial charge in [-0.05, 0) is 70.9 Å². The van der Waals surface area contributed by atoms with E-state index in [9.17, 15) is 19.5 Å². The fraction of sp³-hybridized carbons (Fsp3) is 0.536. The molecule has 0 unspecified atom stereocenters. The number of hydrogen-bond acceptors (Lipinski definition) is 6. The Bertz CT molecular complexity index is 1150. The number of benzene rings is 1. The zero-order chi connectivity index (χ0) is 26.6. The molecule has 0 radical (unpaired) electrons. The number of carbonyl (C=O) groups excluding carboxylic acids is 2. The third kappa shape index (κ3) is 4.80. The van der Waals surface area contributed by atoms with Gasteiger partial charge in [0.2, 0.25) is 0 Å². The van der Waals surface area contributed by atoms with Gasteiger partial charge in [0.15, 0.2) is 23.1 Å². The fourth-order valence-corrected chi connectivity index (χ4v) is 6.68. The predicted octanol–water partition coefficient (Wildman–Crippen LogP) is 5.47. The van der Waals surface area contributed by atoms with Gasteiger partial charge in [0.25, 0.3) is 0 Å². The number of hydrogen-bond donors (Lipinski definition) is 1. The van der Waals surface area contributed by atoms with Crippen LogP contribution in [0.2, 0.25) is 0 Å². The summed E-state index contributed by atoms with van der Waals surface area (Å²) in [6, 6.07) is 3.82. The molecule has 0 spiro atoms. The summed E-state index contributed by atoms with van der Waals surface area (Å²) in [5.74, 6) is -0.449. The first-order valence-corrected chi connectivity index (χ1v) is 13.4. The van der Waals surface area contributed by atoms with Crippen molar-refractivity contribution >= 4 is 40.1 Å². The highest BCUT2D eigenvalue weighted by Crippen LogP contribution is 2.55. The molecule has 7 nitrogen and oxygen atoms in total. The quantitative estimate of drug-likeness (QED) is 0.429. The third-order valence-corrected chi connectivity index (χ3v) is 7.99. The van der Waals surface area contributed by atoms with Crippen molar-refractivity contribution in [1.82, 2.24) is 4.90 Å². The van der Waals surface area contributed by atoms with Crippen molar-refractivity contribution in [3.8, 4) is 11.5 Å². The Morgan fingerprint density at radius 1 is 1.03 bits per heavy atom. The summed E-state index contributed by atoms with van der Waals surface area (Å²) in [6.07, 6.45) is 1.82. The second-order valence-electron chi connectivity index (χ2n) is 11.5. The van der Waals surface area contributed by atoms with Crippen LogP contribution in [-0.2, 0) is 14.4 Å². The van der Waals surface area contributed by atoms with Crippen molar-refractivity contribution < 1.29 is 29.0 Å². The molecule has 0 aromatic heterocycles. The number of halogens is 1. The Morgan fingerprint density at radius 3 is 2.00 bits per heavy atom. The Hall–Kier alpha value is -2.36. The van der Waals surface area contributed by atoms with Gasteiger partial charge >= 0.3 is 5.97 Å². The molecule has 8 heteroatoms. The molecule has 1 heterocycles. The van der Waals surface area contributed by atoms with Gasteiger partial charge in [-0.3, -0.25) is 14.4 Å². The first-order valence-electron chi connectivity index (χ1n) is 12.3. The van der Waals surface area contributed by atoms with E-state index in [0.717, 1.165) is 20.5 Å². The lowest BCUT2D eigenvalue weighted by Gasteiger charge is -2.48. The maximum atomic E-state index is 13.8. The summed E-state index contributed by atoms with van der Waals surface area (Å²) in [4.78, 5) is 41.3. The predicted molar refractivity (Wildman–Crippen MR) is 144 cm³/mol. The molecule has 194 valence electrons. The maximum Gasteiger partial charge on any atom is 0.323 e. The molecule has 36 heavy (non-hydrogen) atoms. The van der Waals surface area contributed by atoms with Crippen LogP contribution < -0.4 is 9.47 Å². The SMILES string of the molecule is CCOc1c(I)cc(C2C3=C(CC(C)(C)CC3=O)N(CC(=O)O)C3=C2C(=O)CC(C)(C)C3)cc1OC. The normalized spacial score (nSPS) is 21.4. The van der Waals surface area contributed by atoms with E-state index in [0.29, 0.717) is 54.9 Å². The molecule has 1 aliphatic heterocycles. The van der Waals surface area contributed by atoms with Gasteiger partial charge in [0.1, 0.15) is 6.54 Å². The van der Waals surface area contributed by atoms with Crippen molar-refractivity contribution in [3.63, 3.8) is 0 Å². The number of methoxy groups -OCH3 is 1. The standard InChI is InChI=1S/C28H34INO6/c1-7-36-26-16(29)8-15(9-21(26)35-6)23-24-17(10-27(2,3)12-19(24)31)30(14-22(33)34)18-11-28(4,5)13-20(32)25(18)23/h8-9,23H,7,10-14H2,1-6H3,(H,33,34). The number of rotatable bonds is 6. The minimum Gasteiger partial charge on any atom is -0.493 e. The molecular formula is C28H34INO6. The average molecular weight is 607 g/mol. The molecule has 1 aromatic rings. The topological polar surface area (TPSA) is 93.1 Å². The molecule has 2 aliphatic carbocycles. The molecule has 0 saturated carbocycles. The summed E-state index contributed by atoms with van der Waals surface area (Å²) < 4.78 is 12.3. The van der Waals surface area contributed by atoms with E-state index >= 15 is 0 Å². The molecule has 1 N–H and O–H groups in total. The van der Waals surface area contributed by atoms with Gasteiger partial charge in [0.05, 0.1) is 17.3 Å². The zero-order valence-corrected chi connectivity index (χ0v) is 23.9. The van der Waals surface area contributed by atoms with E-state index in [1.165, 1.54) is 0 Å². The summed E-state index contributed by atoms with van der Waals surface area (Å²) in [5, 5.41) is 9.82. The average Bonchev–Trinajstić information content (AvgIpc) is 2.74. The molecule has 0 atom stereocenters. The van der Waals surface area contributed by atoms with E-state index in [1.54, 1.807) is 12.0 Å². The Morgan fingerprint density at radius 2 is 1.56 bits per heavy atom. The number of carbonyl (C=O) groups is 3. The number of allylic oxidation sites excluding steroid dienone is 4. The first kappa shape index (κ1) is 26.7. The highest BCUT2D eigenvalue weighted by molar-refractivity contribution is 14.1. The number of ether oxygens (including phenoxy) is 2. The van der Waals surface area contributed by atoms with Crippen LogP contribution in [0.5, 0.6) is 11.5 Å². The lowest BCUT2D eigenvalue weighted by molar-refractivity contribution is -0.138. The van der Waals surface area contributed by atoms with Crippen molar-refractivity contribution in [2.24, 2.45) is 10.8 Å². The van der Waals surface area contributed by atoms with Crippen molar-refractivity contribution in [2.75, 3.05) is 20.3 Å². The smallest absolute Gasteiger partial charge is 0.323 e. The number of aliphatic carboxylic acids is 1. The third-order valence-electron chi connectivity index (χ3n) is 7.19. The van der Waals surface area contributed by atoms with Crippen LogP contribution in [0.1, 0.15) is 71.8 Å². The number of ketones is 2. The van der Waals surface area contributed by atoms with E-state index < -0.39 is 11.9 Å². The van der Waals surface area contributed by atoms with Gasteiger partial charge in [-0.1, -0.05) is 27.7 Å². The molecular weight excluding hydrogens is 573 g/mol. The van der Waals surface area contributed by atoms with Gasteiger partial charge < -0.3 is 19.5 Å². The number of Topliss-reactive ketones (excluding diaryl/α,β-unsaturated/α-hetero) is 2. The van der Waals surface area contributed by atoms with Crippen LogP contribution in [0.3, 0.4) is 0 Å². The molecule has 0 fully saturated rings. The molecule has 3 aliphatic rings. The molecule has 0 saturated heterocycles. The highest BCUT2D eigenvalue weighted by atomic mass is 127. The number of carboxylic acid groups (broad SMARTS) is 1. The molecule has 4 rings (SSSR count). The van der Waals surface area contributed by atoms with Gasteiger partial charge in [0, 0.05) is 41.3 Å². The summed E-state index contributed by atoms with van der Waals surface area (Å²) >= 11 is 2.20. The van der Waals surface area contributed by atoms with E-state index in [2.05, 4.69) is 22.6 Å². The van der Waals surface area contributed by atoms with Crippen molar-refractivity contribution in [3.05, 3.63) is 43.8 Å². The summed E-state index contributed by atoms with van der Waals surface area (Å²) in [5.41, 5.74) is 2.72.